The van der Waals surface area contributed by atoms with Crippen molar-refractivity contribution in [3.63, 3.8) is 0 Å². The molecule has 0 saturated carbocycles. The number of aromatic nitrogens is 2. The van der Waals surface area contributed by atoms with Crippen LogP contribution in [0.3, 0.4) is 0 Å². The standard InChI is InChI=1S/C38H19N3O4S/c1-6-12-33-22(7-1)23-14-16-27-35(36(23)46-33)43-32-19-21(38-40-25-9-3-5-11-29(25)45-38)18-31-34(32)41(27)26-15-13-20(17-30(26)42-31)37-39-24-8-2-4-10-28(24)44-37/h1-19H. The minimum Gasteiger partial charge on any atom is -0.453 e. The number of thiophene rings is 1. The second kappa shape index (κ2) is 8.74. The minimum absolute atomic E-state index is 0.496. The van der Waals surface area contributed by atoms with Crippen molar-refractivity contribution in [1.82, 2.24) is 9.97 Å². The van der Waals surface area contributed by atoms with Crippen LogP contribution < -0.4 is 14.4 Å². The Morgan fingerprint density at radius 1 is 0.543 bits per heavy atom. The van der Waals surface area contributed by atoms with Gasteiger partial charge in [0.15, 0.2) is 34.2 Å². The van der Waals surface area contributed by atoms with Crippen LogP contribution in [-0.4, -0.2) is 9.97 Å². The third kappa shape index (κ3) is 3.30. The summed E-state index contributed by atoms with van der Waals surface area (Å²) in [6.45, 7) is 0. The van der Waals surface area contributed by atoms with Gasteiger partial charge in [0.05, 0.1) is 16.1 Å². The number of para-hydroxylation sites is 4. The predicted octanol–water partition coefficient (Wildman–Crippen LogP) is 11.4. The van der Waals surface area contributed by atoms with E-state index < -0.39 is 0 Å². The van der Waals surface area contributed by atoms with Gasteiger partial charge < -0.3 is 18.3 Å². The summed E-state index contributed by atoms with van der Waals surface area (Å²) in [5.74, 6) is 3.82. The molecule has 0 bridgehead atoms. The summed E-state index contributed by atoms with van der Waals surface area (Å²) in [5.41, 5.74) is 7.31. The Morgan fingerprint density at radius 2 is 1.20 bits per heavy atom. The van der Waals surface area contributed by atoms with Crippen molar-refractivity contribution < 1.29 is 18.3 Å². The van der Waals surface area contributed by atoms with E-state index in [1.165, 1.54) is 10.1 Å². The van der Waals surface area contributed by atoms with Crippen molar-refractivity contribution in [2.45, 2.75) is 0 Å². The molecule has 0 atom stereocenters. The number of nitrogens with zero attached hydrogens (tertiary/aromatic N) is 3. The Kier molecular flexibility index (Phi) is 4.61. The molecule has 216 valence electrons. The molecule has 0 radical (unpaired) electrons. The molecule has 8 heteroatoms. The third-order valence-corrected chi connectivity index (χ3v) is 9.88. The first kappa shape index (κ1) is 24.2. The number of ether oxygens (including phenoxy) is 2. The van der Waals surface area contributed by atoms with Crippen LogP contribution in [0.4, 0.5) is 17.1 Å². The van der Waals surface area contributed by atoms with Gasteiger partial charge in [-0.15, -0.1) is 11.3 Å². The molecule has 2 aliphatic rings. The monoisotopic (exact) mass is 613 g/mol. The smallest absolute Gasteiger partial charge is 0.227 e. The van der Waals surface area contributed by atoms with Crippen LogP contribution in [0.5, 0.6) is 23.0 Å². The van der Waals surface area contributed by atoms with Crippen LogP contribution in [0.15, 0.2) is 124 Å². The summed E-state index contributed by atoms with van der Waals surface area (Å²) >= 11 is 1.74. The second-order valence-corrected chi connectivity index (χ2v) is 12.5. The number of rotatable bonds is 2. The molecule has 0 amide bonds. The lowest BCUT2D eigenvalue weighted by Crippen LogP contribution is -2.20. The molecule has 46 heavy (non-hydrogen) atoms. The van der Waals surface area contributed by atoms with Gasteiger partial charge in [0.25, 0.3) is 0 Å². The number of hydrogen-bond acceptors (Lipinski definition) is 8. The number of benzene rings is 6. The lowest BCUT2D eigenvalue weighted by atomic mass is 10.0. The van der Waals surface area contributed by atoms with E-state index >= 15 is 0 Å². The molecule has 2 aliphatic heterocycles. The summed E-state index contributed by atoms with van der Waals surface area (Å²) < 4.78 is 28.1. The quantitative estimate of drug-likeness (QED) is 0.192. The molecule has 0 saturated heterocycles. The summed E-state index contributed by atoms with van der Waals surface area (Å²) in [6, 6.07) is 38.4. The predicted molar refractivity (Wildman–Crippen MR) is 180 cm³/mol. The van der Waals surface area contributed by atoms with Gasteiger partial charge in [-0.2, -0.15) is 0 Å². The van der Waals surface area contributed by atoms with E-state index in [-0.39, 0.29) is 0 Å². The van der Waals surface area contributed by atoms with E-state index in [2.05, 4.69) is 47.4 Å². The van der Waals surface area contributed by atoms with E-state index in [0.29, 0.717) is 29.0 Å². The highest BCUT2D eigenvalue weighted by Crippen LogP contribution is 2.62. The van der Waals surface area contributed by atoms with E-state index in [9.17, 15) is 0 Å². The van der Waals surface area contributed by atoms with Gasteiger partial charge in [0.2, 0.25) is 11.8 Å². The van der Waals surface area contributed by atoms with Crippen molar-refractivity contribution in [3.8, 4) is 45.9 Å². The SMILES string of the molecule is c1ccc2oc(-c3ccc4c(c3)Oc3cc(-c5nc6ccccc6o5)cc5c3N4c3ccc4c(sc6ccccc64)c3O5)nc2c1. The molecule has 0 unspecified atom stereocenters. The van der Waals surface area contributed by atoms with E-state index in [1.54, 1.807) is 11.3 Å². The van der Waals surface area contributed by atoms with Gasteiger partial charge >= 0.3 is 0 Å². The number of anilines is 3. The maximum atomic E-state index is 6.84. The van der Waals surface area contributed by atoms with Crippen molar-refractivity contribution >= 4 is 70.8 Å². The summed E-state index contributed by atoms with van der Waals surface area (Å²) in [6.07, 6.45) is 0. The minimum atomic E-state index is 0.496. The summed E-state index contributed by atoms with van der Waals surface area (Å²) in [5, 5.41) is 2.38. The van der Waals surface area contributed by atoms with Gasteiger partial charge in [-0.3, -0.25) is 4.90 Å². The van der Waals surface area contributed by atoms with Gasteiger partial charge in [0.1, 0.15) is 16.7 Å². The Bertz CT molecular complexity index is 2670. The first-order valence-electron chi connectivity index (χ1n) is 14.9. The second-order valence-electron chi connectivity index (χ2n) is 11.4. The van der Waals surface area contributed by atoms with E-state index in [4.69, 9.17) is 28.3 Å². The molecule has 9 aromatic rings. The maximum Gasteiger partial charge on any atom is 0.227 e. The van der Waals surface area contributed by atoms with Crippen LogP contribution >= 0.6 is 11.3 Å². The highest BCUT2D eigenvalue weighted by Gasteiger charge is 2.37. The average Bonchev–Trinajstić information content (AvgIpc) is 3.83. The van der Waals surface area contributed by atoms with E-state index in [1.807, 2.05) is 72.8 Å². The zero-order chi connectivity index (χ0) is 29.9. The topological polar surface area (TPSA) is 73.8 Å². The molecule has 3 aromatic heterocycles. The van der Waals surface area contributed by atoms with E-state index in [0.717, 1.165) is 66.2 Å². The molecule has 5 heterocycles. The van der Waals surface area contributed by atoms with Gasteiger partial charge in [0, 0.05) is 26.6 Å². The van der Waals surface area contributed by atoms with Crippen LogP contribution in [0.2, 0.25) is 0 Å². The Hall–Kier alpha value is -6.12. The Morgan fingerprint density at radius 3 is 1.98 bits per heavy atom. The zero-order valence-electron chi connectivity index (χ0n) is 23.9. The van der Waals surface area contributed by atoms with Crippen molar-refractivity contribution in [2.75, 3.05) is 4.90 Å². The number of hydrogen-bond donors (Lipinski definition) is 0. The largest absolute Gasteiger partial charge is 0.453 e. The zero-order valence-corrected chi connectivity index (χ0v) is 24.7. The van der Waals surface area contributed by atoms with Crippen LogP contribution in [0.25, 0.3) is 65.3 Å². The lowest BCUT2D eigenvalue weighted by molar-refractivity contribution is 0.448. The molecular formula is C38H19N3O4S. The number of fused-ring (bicyclic) bond motifs is 10. The molecular weight excluding hydrogens is 595 g/mol. The van der Waals surface area contributed by atoms with Gasteiger partial charge in [-0.05, 0) is 66.7 Å². The fourth-order valence-electron chi connectivity index (χ4n) is 6.61. The molecule has 7 nitrogen and oxygen atoms in total. The molecule has 0 aliphatic carbocycles. The Balaban J connectivity index is 1.15. The Labute approximate surface area is 264 Å². The van der Waals surface area contributed by atoms with Crippen LogP contribution in [0.1, 0.15) is 0 Å². The molecule has 11 rings (SSSR count). The highest BCUT2D eigenvalue weighted by molar-refractivity contribution is 7.26. The fraction of sp³-hybridized carbons (Fsp3) is 0. The fourth-order valence-corrected chi connectivity index (χ4v) is 7.80. The molecule has 6 aromatic carbocycles. The van der Waals surface area contributed by atoms with Crippen molar-refractivity contribution in [2.24, 2.45) is 0 Å². The summed E-state index contributed by atoms with van der Waals surface area (Å²) in [4.78, 5) is 11.7. The third-order valence-electron chi connectivity index (χ3n) is 8.70. The molecule has 0 fully saturated rings. The first-order valence-corrected chi connectivity index (χ1v) is 15.7. The van der Waals surface area contributed by atoms with Crippen LogP contribution in [-0.2, 0) is 0 Å². The normalized spacial score (nSPS) is 13.1. The van der Waals surface area contributed by atoms with Gasteiger partial charge in [-0.1, -0.05) is 48.5 Å². The van der Waals surface area contributed by atoms with Crippen molar-refractivity contribution in [1.29, 1.82) is 0 Å². The average molecular weight is 614 g/mol. The molecule has 0 spiro atoms. The van der Waals surface area contributed by atoms with Gasteiger partial charge in [-0.25, -0.2) is 9.97 Å². The highest BCUT2D eigenvalue weighted by atomic mass is 32.1. The van der Waals surface area contributed by atoms with Crippen LogP contribution in [0, 0.1) is 0 Å². The maximum absolute atomic E-state index is 6.84. The first-order chi connectivity index (χ1) is 22.7. The summed E-state index contributed by atoms with van der Waals surface area (Å²) in [7, 11) is 0. The molecule has 0 N–H and O–H groups in total. The number of oxazole rings is 2. The lowest BCUT2D eigenvalue weighted by Gasteiger charge is -2.38. The van der Waals surface area contributed by atoms with Crippen molar-refractivity contribution in [3.05, 3.63) is 115 Å².